The maximum Gasteiger partial charge on any atom is 0.0331 e. The average molecular weight is 312 g/mol. The minimum absolute atomic E-state index is 0.487. The van der Waals surface area contributed by atoms with Gasteiger partial charge in [0.05, 0.1) is 0 Å². The summed E-state index contributed by atoms with van der Waals surface area (Å²) in [5.74, 6) is 0. The van der Waals surface area contributed by atoms with Gasteiger partial charge in [0.15, 0.2) is 0 Å². The van der Waals surface area contributed by atoms with Gasteiger partial charge in [-0.25, -0.2) is 0 Å². The van der Waals surface area contributed by atoms with E-state index in [0.717, 1.165) is 6.54 Å². The zero-order valence-electron chi connectivity index (χ0n) is 11.9. The average Bonchev–Trinajstić information content (AvgIpc) is 2.37. The van der Waals surface area contributed by atoms with Crippen LogP contribution in [-0.2, 0) is 0 Å². The number of unbranched alkanes of at least 4 members (excludes halogenated alkanes) is 3. The van der Waals surface area contributed by atoms with Crippen molar-refractivity contribution in [2.24, 2.45) is 0 Å². The van der Waals surface area contributed by atoms with Crippen LogP contribution in [0.4, 0.5) is 0 Å². The van der Waals surface area contributed by atoms with Crippen molar-refractivity contribution in [2.45, 2.75) is 58.9 Å². The molecule has 0 aliphatic heterocycles. The molecule has 0 heterocycles. The van der Waals surface area contributed by atoms with E-state index >= 15 is 0 Å². The summed E-state index contributed by atoms with van der Waals surface area (Å²) in [5.41, 5.74) is 2.73. The van der Waals surface area contributed by atoms with Crippen molar-refractivity contribution in [3.8, 4) is 0 Å². The van der Waals surface area contributed by atoms with Gasteiger partial charge in [-0.15, -0.1) is 0 Å². The highest BCUT2D eigenvalue weighted by molar-refractivity contribution is 9.10. The molecule has 0 aromatic heterocycles. The predicted molar refractivity (Wildman–Crippen MR) is 84.1 cm³/mol. The minimum atomic E-state index is 0.487. The van der Waals surface area contributed by atoms with Crippen molar-refractivity contribution >= 4 is 15.9 Å². The molecule has 1 atom stereocenters. The zero-order chi connectivity index (χ0) is 13.4. The normalized spacial score (nSPS) is 12.7. The lowest BCUT2D eigenvalue weighted by molar-refractivity contribution is 0.480. The Hall–Kier alpha value is -0.340. The topological polar surface area (TPSA) is 12.0 Å². The molecular formula is C16H26BrN. The second-order valence-electron chi connectivity index (χ2n) is 4.94. The van der Waals surface area contributed by atoms with Gasteiger partial charge in [0.25, 0.3) is 0 Å². The number of benzene rings is 1. The van der Waals surface area contributed by atoms with E-state index in [1.807, 2.05) is 0 Å². The van der Waals surface area contributed by atoms with Gasteiger partial charge in [-0.1, -0.05) is 73.7 Å². The van der Waals surface area contributed by atoms with Gasteiger partial charge in [-0.05, 0) is 31.0 Å². The van der Waals surface area contributed by atoms with E-state index in [0.29, 0.717) is 6.04 Å². The van der Waals surface area contributed by atoms with Crippen molar-refractivity contribution in [3.63, 3.8) is 0 Å². The highest BCUT2D eigenvalue weighted by Crippen LogP contribution is 2.29. The van der Waals surface area contributed by atoms with E-state index in [2.05, 4.69) is 60.2 Å². The molecule has 0 radical (unpaired) electrons. The summed E-state index contributed by atoms with van der Waals surface area (Å²) in [6.45, 7) is 7.63. The third kappa shape index (κ3) is 4.74. The van der Waals surface area contributed by atoms with Crippen LogP contribution in [-0.4, -0.2) is 6.54 Å². The summed E-state index contributed by atoms with van der Waals surface area (Å²) in [6.07, 6.45) is 6.55. The molecule has 0 fully saturated rings. The highest BCUT2D eigenvalue weighted by atomic mass is 79.9. The Morgan fingerprint density at radius 2 is 1.94 bits per heavy atom. The number of nitrogens with one attached hydrogen (secondary N) is 1. The molecule has 102 valence electrons. The molecule has 0 saturated carbocycles. The number of hydrogen-bond donors (Lipinski definition) is 1. The Balaban J connectivity index is 2.68. The zero-order valence-corrected chi connectivity index (χ0v) is 13.5. The number of halogens is 1. The Morgan fingerprint density at radius 1 is 1.17 bits per heavy atom. The first-order chi connectivity index (χ1) is 8.70. The van der Waals surface area contributed by atoms with Gasteiger partial charge < -0.3 is 5.32 Å². The monoisotopic (exact) mass is 311 g/mol. The third-order valence-corrected chi connectivity index (χ3v) is 4.48. The van der Waals surface area contributed by atoms with Crippen molar-refractivity contribution in [2.75, 3.05) is 6.54 Å². The molecule has 1 aromatic rings. The Labute approximate surface area is 120 Å². The molecule has 0 aliphatic rings. The summed E-state index contributed by atoms with van der Waals surface area (Å²) >= 11 is 3.73. The first-order valence-electron chi connectivity index (χ1n) is 7.19. The Kier molecular flexibility index (Phi) is 7.60. The van der Waals surface area contributed by atoms with Crippen LogP contribution >= 0.6 is 15.9 Å². The molecule has 0 bridgehead atoms. The van der Waals surface area contributed by atoms with E-state index in [1.54, 1.807) is 0 Å². The van der Waals surface area contributed by atoms with Crippen molar-refractivity contribution in [1.82, 2.24) is 5.32 Å². The first-order valence-corrected chi connectivity index (χ1v) is 7.98. The van der Waals surface area contributed by atoms with Gasteiger partial charge >= 0.3 is 0 Å². The highest BCUT2D eigenvalue weighted by Gasteiger charge is 2.13. The fraction of sp³-hybridized carbons (Fsp3) is 0.625. The second-order valence-corrected chi connectivity index (χ2v) is 5.73. The van der Waals surface area contributed by atoms with Gasteiger partial charge in [-0.2, -0.15) is 0 Å². The van der Waals surface area contributed by atoms with Crippen LogP contribution in [0.2, 0.25) is 0 Å². The summed E-state index contributed by atoms with van der Waals surface area (Å²) in [7, 11) is 0. The molecule has 1 rings (SSSR count). The van der Waals surface area contributed by atoms with Gasteiger partial charge in [0.1, 0.15) is 0 Å². The van der Waals surface area contributed by atoms with Crippen LogP contribution in [0, 0.1) is 6.92 Å². The largest absolute Gasteiger partial charge is 0.310 e. The van der Waals surface area contributed by atoms with Gasteiger partial charge in [-0.3, -0.25) is 0 Å². The standard InChI is InChI=1S/C16H26BrN/c1-4-6-7-8-12-15(18-5-2)14-11-9-10-13(3)16(14)17/h9-11,15,18H,4-8,12H2,1-3H3. The van der Waals surface area contributed by atoms with E-state index in [4.69, 9.17) is 0 Å². The molecule has 0 spiro atoms. The second kappa shape index (κ2) is 8.71. The lowest BCUT2D eigenvalue weighted by atomic mass is 9.98. The summed E-state index contributed by atoms with van der Waals surface area (Å²) in [5, 5.41) is 3.61. The van der Waals surface area contributed by atoms with Gasteiger partial charge in [0, 0.05) is 10.5 Å². The Bertz CT molecular complexity index is 349. The number of rotatable bonds is 8. The van der Waals surface area contributed by atoms with E-state index in [1.165, 1.54) is 47.7 Å². The molecule has 1 unspecified atom stereocenters. The lowest BCUT2D eigenvalue weighted by Gasteiger charge is -2.20. The maximum absolute atomic E-state index is 3.73. The van der Waals surface area contributed by atoms with Crippen LogP contribution in [0.15, 0.2) is 22.7 Å². The molecule has 0 saturated heterocycles. The van der Waals surface area contributed by atoms with E-state index in [9.17, 15) is 0 Å². The van der Waals surface area contributed by atoms with Crippen LogP contribution < -0.4 is 5.32 Å². The Morgan fingerprint density at radius 3 is 2.61 bits per heavy atom. The molecule has 0 amide bonds. The molecule has 2 heteroatoms. The van der Waals surface area contributed by atoms with Crippen molar-refractivity contribution in [1.29, 1.82) is 0 Å². The third-order valence-electron chi connectivity index (χ3n) is 3.39. The maximum atomic E-state index is 3.73. The summed E-state index contributed by atoms with van der Waals surface area (Å²) < 4.78 is 1.27. The lowest BCUT2D eigenvalue weighted by Crippen LogP contribution is -2.21. The smallest absolute Gasteiger partial charge is 0.0331 e. The molecule has 1 nitrogen and oxygen atoms in total. The van der Waals surface area contributed by atoms with E-state index < -0.39 is 0 Å². The molecule has 0 aliphatic carbocycles. The first kappa shape index (κ1) is 15.7. The summed E-state index contributed by atoms with van der Waals surface area (Å²) in [6, 6.07) is 7.05. The van der Waals surface area contributed by atoms with Crippen molar-refractivity contribution in [3.05, 3.63) is 33.8 Å². The SMILES string of the molecule is CCCCCCC(NCC)c1cccc(C)c1Br. The molecule has 1 aromatic carbocycles. The van der Waals surface area contributed by atoms with E-state index in [-0.39, 0.29) is 0 Å². The minimum Gasteiger partial charge on any atom is -0.310 e. The van der Waals surface area contributed by atoms with Crippen LogP contribution in [0.1, 0.15) is 63.1 Å². The van der Waals surface area contributed by atoms with Gasteiger partial charge in [0.2, 0.25) is 0 Å². The number of aryl methyl sites for hydroxylation is 1. The predicted octanol–water partition coefficient (Wildman–Crippen LogP) is 5.38. The van der Waals surface area contributed by atoms with Crippen LogP contribution in [0.3, 0.4) is 0 Å². The molecule has 1 N–H and O–H groups in total. The fourth-order valence-corrected chi connectivity index (χ4v) is 2.87. The molecular weight excluding hydrogens is 286 g/mol. The molecule has 18 heavy (non-hydrogen) atoms. The number of hydrogen-bond acceptors (Lipinski definition) is 1. The van der Waals surface area contributed by atoms with Crippen LogP contribution in [0.5, 0.6) is 0 Å². The quantitative estimate of drug-likeness (QED) is 0.636. The fourth-order valence-electron chi connectivity index (χ4n) is 2.33. The summed E-state index contributed by atoms with van der Waals surface area (Å²) in [4.78, 5) is 0. The van der Waals surface area contributed by atoms with Crippen LogP contribution in [0.25, 0.3) is 0 Å². The van der Waals surface area contributed by atoms with Crippen molar-refractivity contribution < 1.29 is 0 Å².